The van der Waals surface area contributed by atoms with Crippen LogP contribution in [0.15, 0.2) is 30.6 Å². The fourth-order valence-electron chi connectivity index (χ4n) is 1.83. The average Bonchev–Trinajstić information content (AvgIpc) is 2.50. The molecule has 0 aliphatic rings. The summed E-state index contributed by atoms with van der Waals surface area (Å²) in [6, 6.07) is 5.66. The molecule has 0 saturated heterocycles. The van der Waals surface area contributed by atoms with Gasteiger partial charge in [0.2, 0.25) is 0 Å². The van der Waals surface area contributed by atoms with Crippen LogP contribution in [0.2, 0.25) is 0 Å². The van der Waals surface area contributed by atoms with E-state index in [1.165, 1.54) is 0 Å². The summed E-state index contributed by atoms with van der Waals surface area (Å²) in [6.07, 6.45) is 3.31. The highest BCUT2D eigenvalue weighted by Crippen LogP contribution is 2.31. The molecule has 0 saturated carbocycles. The maximum atomic E-state index is 5.62. The molecule has 2 N–H and O–H groups in total. The third-order valence-corrected chi connectivity index (χ3v) is 2.72. The lowest BCUT2D eigenvalue weighted by Gasteiger charge is -2.14. The minimum Gasteiger partial charge on any atom is -0.494 e. The Bertz CT molecular complexity index is 590. The van der Waals surface area contributed by atoms with E-state index in [2.05, 4.69) is 20.6 Å². The molecule has 0 atom stereocenters. The van der Waals surface area contributed by atoms with Crippen LogP contribution in [0, 0.1) is 0 Å². The van der Waals surface area contributed by atoms with Gasteiger partial charge in [-0.3, -0.25) is 4.98 Å². The van der Waals surface area contributed by atoms with Crippen LogP contribution in [0.5, 0.6) is 11.5 Å². The first-order chi connectivity index (χ1) is 10.3. The number of ether oxygens (including phenoxy) is 2. The van der Waals surface area contributed by atoms with Gasteiger partial charge < -0.3 is 20.1 Å². The van der Waals surface area contributed by atoms with Crippen LogP contribution in [0.1, 0.15) is 13.8 Å². The Morgan fingerprint density at radius 2 is 1.81 bits per heavy atom. The van der Waals surface area contributed by atoms with E-state index < -0.39 is 0 Å². The highest BCUT2D eigenvalue weighted by atomic mass is 16.5. The molecule has 0 aliphatic heterocycles. The van der Waals surface area contributed by atoms with Gasteiger partial charge in [0.25, 0.3) is 0 Å². The van der Waals surface area contributed by atoms with Gasteiger partial charge in [0.05, 0.1) is 31.3 Å². The lowest BCUT2D eigenvalue weighted by Crippen LogP contribution is -2.02. The van der Waals surface area contributed by atoms with Gasteiger partial charge in [0.1, 0.15) is 17.3 Å². The summed E-state index contributed by atoms with van der Waals surface area (Å²) in [5, 5.41) is 6.17. The first-order valence-electron chi connectivity index (χ1n) is 6.93. The molecule has 0 unspecified atom stereocenters. The number of benzene rings is 1. The molecule has 6 heteroatoms. The Hall–Kier alpha value is -2.50. The number of nitrogens with zero attached hydrogens (tertiary/aromatic N) is 2. The number of hydrogen-bond acceptors (Lipinski definition) is 6. The predicted molar refractivity (Wildman–Crippen MR) is 83.6 cm³/mol. The van der Waals surface area contributed by atoms with Crippen molar-refractivity contribution in [2.75, 3.05) is 30.9 Å². The Balaban J connectivity index is 2.28. The van der Waals surface area contributed by atoms with E-state index in [9.17, 15) is 0 Å². The topological polar surface area (TPSA) is 68.3 Å². The molecular formula is C15H20N4O2. The van der Waals surface area contributed by atoms with Gasteiger partial charge in [0.15, 0.2) is 5.82 Å². The molecule has 0 amide bonds. The normalized spacial score (nSPS) is 10.0. The molecule has 0 bridgehead atoms. The van der Waals surface area contributed by atoms with Crippen LogP contribution in [0.4, 0.5) is 17.3 Å². The molecule has 1 aromatic carbocycles. The van der Waals surface area contributed by atoms with Crippen LogP contribution in [-0.4, -0.2) is 30.2 Å². The van der Waals surface area contributed by atoms with Crippen molar-refractivity contribution in [3.63, 3.8) is 0 Å². The molecule has 0 spiro atoms. The predicted octanol–water partition coefficient (Wildman–Crippen LogP) is 3.06. The minimum absolute atomic E-state index is 0.588. The largest absolute Gasteiger partial charge is 0.494 e. The first kappa shape index (κ1) is 14.9. The van der Waals surface area contributed by atoms with Crippen LogP contribution in [0.3, 0.4) is 0 Å². The monoisotopic (exact) mass is 288 g/mol. The third-order valence-electron chi connectivity index (χ3n) is 2.72. The van der Waals surface area contributed by atoms with Gasteiger partial charge in [-0.15, -0.1) is 0 Å². The Morgan fingerprint density at radius 1 is 1.05 bits per heavy atom. The molecule has 1 heterocycles. The summed E-state index contributed by atoms with van der Waals surface area (Å²) in [4.78, 5) is 8.51. The quantitative estimate of drug-likeness (QED) is 0.816. The van der Waals surface area contributed by atoms with Crippen LogP contribution < -0.4 is 20.1 Å². The first-order valence-corrected chi connectivity index (χ1v) is 6.93. The third kappa shape index (κ3) is 3.98. The van der Waals surface area contributed by atoms with Crippen molar-refractivity contribution in [1.29, 1.82) is 0 Å². The fourth-order valence-corrected chi connectivity index (χ4v) is 1.83. The van der Waals surface area contributed by atoms with Crippen molar-refractivity contribution in [3.05, 3.63) is 30.6 Å². The van der Waals surface area contributed by atoms with E-state index >= 15 is 0 Å². The van der Waals surface area contributed by atoms with Crippen LogP contribution in [0.25, 0.3) is 0 Å². The Kier molecular flexibility index (Phi) is 5.20. The smallest absolute Gasteiger partial charge is 0.151 e. The second kappa shape index (κ2) is 7.33. The number of anilines is 3. The van der Waals surface area contributed by atoms with Crippen molar-refractivity contribution in [2.24, 2.45) is 0 Å². The average molecular weight is 288 g/mol. The molecule has 112 valence electrons. The van der Waals surface area contributed by atoms with Gasteiger partial charge in [-0.1, -0.05) is 0 Å². The summed E-state index contributed by atoms with van der Waals surface area (Å²) in [7, 11) is 1.80. The Morgan fingerprint density at radius 3 is 2.52 bits per heavy atom. The zero-order chi connectivity index (χ0) is 15.1. The fraction of sp³-hybridized carbons (Fsp3) is 0.333. The van der Waals surface area contributed by atoms with E-state index in [-0.39, 0.29) is 0 Å². The molecule has 2 aromatic rings. The summed E-state index contributed by atoms with van der Waals surface area (Å²) in [5.74, 6) is 2.86. The standard InChI is InChI=1S/C15H20N4O2/c1-4-20-11-6-7-13(21-5-2)12(8-11)18-15-10-17-9-14(16-3)19-15/h6-10H,4-5H2,1-3H3,(H2,16,18,19). The second-order valence-corrected chi connectivity index (χ2v) is 4.19. The van der Waals surface area contributed by atoms with Crippen LogP contribution >= 0.6 is 0 Å². The van der Waals surface area contributed by atoms with Crippen molar-refractivity contribution in [2.45, 2.75) is 13.8 Å². The lowest BCUT2D eigenvalue weighted by atomic mass is 10.2. The van der Waals surface area contributed by atoms with Crippen molar-refractivity contribution in [1.82, 2.24) is 9.97 Å². The maximum absolute atomic E-state index is 5.62. The number of nitrogens with one attached hydrogen (secondary N) is 2. The van der Waals surface area contributed by atoms with Crippen LogP contribution in [-0.2, 0) is 0 Å². The molecule has 0 fully saturated rings. The van der Waals surface area contributed by atoms with Crippen molar-refractivity contribution < 1.29 is 9.47 Å². The molecule has 2 rings (SSSR count). The molecule has 1 aromatic heterocycles. The molecule has 0 radical (unpaired) electrons. The number of rotatable bonds is 7. The van der Waals surface area contributed by atoms with E-state index in [0.29, 0.717) is 24.8 Å². The Labute approximate surface area is 124 Å². The van der Waals surface area contributed by atoms with Gasteiger partial charge in [0, 0.05) is 13.1 Å². The SMILES string of the molecule is CCOc1ccc(OCC)c(Nc2cncc(NC)n2)c1. The molecule has 0 aliphatic carbocycles. The zero-order valence-electron chi connectivity index (χ0n) is 12.5. The highest BCUT2D eigenvalue weighted by Gasteiger charge is 2.07. The molecule has 21 heavy (non-hydrogen) atoms. The van der Waals surface area contributed by atoms with E-state index in [1.54, 1.807) is 19.4 Å². The van der Waals surface area contributed by atoms with Gasteiger partial charge in [-0.05, 0) is 26.0 Å². The summed E-state index contributed by atoms with van der Waals surface area (Å²) >= 11 is 0. The van der Waals surface area contributed by atoms with E-state index in [0.717, 1.165) is 17.2 Å². The molecule has 6 nitrogen and oxygen atoms in total. The second-order valence-electron chi connectivity index (χ2n) is 4.19. The van der Waals surface area contributed by atoms with E-state index in [4.69, 9.17) is 9.47 Å². The van der Waals surface area contributed by atoms with Gasteiger partial charge in [-0.25, -0.2) is 4.98 Å². The van der Waals surface area contributed by atoms with Gasteiger partial charge in [-0.2, -0.15) is 0 Å². The minimum atomic E-state index is 0.588. The van der Waals surface area contributed by atoms with E-state index in [1.807, 2.05) is 32.0 Å². The van der Waals surface area contributed by atoms with Gasteiger partial charge >= 0.3 is 0 Å². The zero-order valence-corrected chi connectivity index (χ0v) is 12.5. The van der Waals surface area contributed by atoms with Crippen molar-refractivity contribution in [3.8, 4) is 11.5 Å². The summed E-state index contributed by atoms with van der Waals surface area (Å²) in [6.45, 7) is 5.10. The lowest BCUT2D eigenvalue weighted by molar-refractivity contribution is 0.332. The maximum Gasteiger partial charge on any atom is 0.151 e. The van der Waals surface area contributed by atoms with Crippen molar-refractivity contribution >= 4 is 17.3 Å². The summed E-state index contributed by atoms with van der Waals surface area (Å²) in [5.41, 5.74) is 0.797. The molecular weight excluding hydrogens is 268 g/mol. The highest BCUT2D eigenvalue weighted by molar-refractivity contribution is 5.66. The number of hydrogen-bond donors (Lipinski definition) is 2. The summed E-state index contributed by atoms with van der Waals surface area (Å²) < 4.78 is 11.1. The number of aromatic nitrogens is 2.